The molecule has 5 heteroatoms. The van der Waals surface area contributed by atoms with Crippen LogP contribution in [-0.4, -0.2) is 28.8 Å². The Labute approximate surface area is 105 Å². The summed E-state index contributed by atoms with van der Waals surface area (Å²) in [4.78, 5) is 25.6. The topological polar surface area (TPSA) is 49.4 Å². The Bertz CT molecular complexity index is 430. The number of thiophene rings is 1. The van der Waals surface area contributed by atoms with E-state index in [0.29, 0.717) is 13.0 Å². The summed E-state index contributed by atoms with van der Waals surface area (Å²) in [5.41, 5.74) is 0.356. The van der Waals surface area contributed by atoms with Gasteiger partial charge in [-0.3, -0.25) is 9.59 Å². The Morgan fingerprint density at radius 1 is 1.53 bits per heavy atom. The first-order chi connectivity index (χ1) is 8.08. The zero-order chi connectivity index (χ0) is 12.5. The Morgan fingerprint density at radius 3 is 2.88 bits per heavy atom. The highest BCUT2D eigenvalue weighted by Gasteiger charge is 2.43. The smallest absolute Gasteiger partial charge is 0.246 e. The van der Waals surface area contributed by atoms with Crippen molar-refractivity contribution in [3.05, 3.63) is 22.4 Å². The van der Waals surface area contributed by atoms with Crippen molar-refractivity contribution in [3.63, 3.8) is 0 Å². The number of piperazine rings is 1. The van der Waals surface area contributed by atoms with Crippen LogP contribution in [0, 0.1) is 0 Å². The van der Waals surface area contributed by atoms with Gasteiger partial charge in [-0.2, -0.15) is 11.3 Å². The summed E-state index contributed by atoms with van der Waals surface area (Å²) >= 11 is 1.60. The van der Waals surface area contributed by atoms with E-state index in [1.54, 1.807) is 16.2 Å². The van der Waals surface area contributed by atoms with E-state index in [9.17, 15) is 9.59 Å². The molecule has 0 radical (unpaired) electrons. The molecule has 0 aromatic carbocycles. The van der Waals surface area contributed by atoms with Crippen molar-refractivity contribution in [3.8, 4) is 0 Å². The number of hydrogen-bond acceptors (Lipinski definition) is 3. The van der Waals surface area contributed by atoms with Crippen LogP contribution in [0.4, 0.5) is 0 Å². The van der Waals surface area contributed by atoms with Crippen LogP contribution in [0.3, 0.4) is 0 Å². The lowest BCUT2D eigenvalue weighted by Gasteiger charge is -2.42. The number of carbonyl (C=O) groups excluding carboxylic acids is 2. The molecule has 1 aromatic rings. The summed E-state index contributed by atoms with van der Waals surface area (Å²) < 4.78 is 0. The number of rotatable bonds is 3. The third-order valence-electron chi connectivity index (χ3n) is 3.40. The van der Waals surface area contributed by atoms with Crippen molar-refractivity contribution in [2.24, 2.45) is 0 Å². The van der Waals surface area contributed by atoms with Gasteiger partial charge < -0.3 is 10.2 Å². The first-order valence-electron chi connectivity index (χ1n) is 5.68. The molecule has 0 aliphatic carbocycles. The van der Waals surface area contributed by atoms with Crippen molar-refractivity contribution in [1.29, 1.82) is 0 Å². The number of hydrogen-bond donors (Lipinski definition) is 1. The van der Waals surface area contributed by atoms with Crippen LogP contribution < -0.4 is 5.32 Å². The average molecular weight is 252 g/mol. The number of carbonyl (C=O) groups is 2. The number of nitrogens with zero attached hydrogens (tertiary/aromatic N) is 1. The minimum atomic E-state index is -0.725. The van der Waals surface area contributed by atoms with Gasteiger partial charge in [0, 0.05) is 6.54 Å². The van der Waals surface area contributed by atoms with Gasteiger partial charge in [-0.15, -0.1) is 0 Å². The van der Waals surface area contributed by atoms with E-state index in [1.165, 1.54) is 0 Å². The summed E-state index contributed by atoms with van der Waals surface area (Å²) in [5.74, 6) is -0.0741. The van der Waals surface area contributed by atoms with E-state index in [1.807, 2.05) is 30.7 Å². The third-order valence-corrected chi connectivity index (χ3v) is 4.13. The van der Waals surface area contributed by atoms with Crippen LogP contribution in [0.15, 0.2) is 16.8 Å². The normalized spacial score (nSPS) is 24.9. The monoisotopic (exact) mass is 252 g/mol. The Balaban J connectivity index is 2.26. The van der Waals surface area contributed by atoms with Gasteiger partial charge in [0.25, 0.3) is 0 Å². The van der Waals surface area contributed by atoms with E-state index in [4.69, 9.17) is 0 Å². The molecule has 1 N–H and O–H groups in total. The second-order valence-corrected chi connectivity index (χ2v) is 5.20. The molecule has 1 saturated heterocycles. The lowest BCUT2D eigenvalue weighted by Crippen LogP contribution is -2.65. The molecular formula is C12H16N2O2S. The fourth-order valence-corrected chi connectivity index (χ4v) is 2.68. The van der Waals surface area contributed by atoms with Crippen LogP contribution in [0.1, 0.15) is 25.8 Å². The maximum Gasteiger partial charge on any atom is 0.246 e. The van der Waals surface area contributed by atoms with Crippen LogP contribution in [0.25, 0.3) is 0 Å². The van der Waals surface area contributed by atoms with Crippen LogP contribution in [0.2, 0.25) is 0 Å². The molecule has 0 bridgehead atoms. The van der Waals surface area contributed by atoms with Crippen molar-refractivity contribution >= 4 is 23.2 Å². The van der Waals surface area contributed by atoms with Gasteiger partial charge in [0.15, 0.2) is 0 Å². The summed E-state index contributed by atoms with van der Waals surface area (Å²) in [6.45, 7) is 4.38. The molecule has 0 spiro atoms. The number of amides is 2. The first kappa shape index (κ1) is 12.1. The Kier molecular flexibility index (Phi) is 3.19. The van der Waals surface area contributed by atoms with E-state index in [-0.39, 0.29) is 18.4 Å². The van der Waals surface area contributed by atoms with E-state index >= 15 is 0 Å². The predicted octanol–water partition coefficient (Wildman–Crippen LogP) is 1.38. The molecule has 1 aromatic heterocycles. The van der Waals surface area contributed by atoms with Crippen molar-refractivity contribution < 1.29 is 9.59 Å². The minimum absolute atomic E-state index is 0.0137. The Morgan fingerprint density at radius 2 is 2.29 bits per heavy atom. The molecule has 2 rings (SSSR count). The molecule has 2 heterocycles. The first-order valence-corrected chi connectivity index (χ1v) is 6.62. The molecule has 17 heavy (non-hydrogen) atoms. The zero-order valence-corrected chi connectivity index (χ0v) is 10.8. The van der Waals surface area contributed by atoms with Crippen LogP contribution in [0.5, 0.6) is 0 Å². The van der Waals surface area contributed by atoms with Gasteiger partial charge in [-0.1, -0.05) is 6.92 Å². The van der Waals surface area contributed by atoms with Crippen LogP contribution >= 0.6 is 11.3 Å². The average Bonchev–Trinajstić information content (AvgIpc) is 2.82. The van der Waals surface area contributed by atoms with E-state index in [2.05, 4.69) is 5.32 Å². The molecule has 1 atom stereocenters. The number of nitrogens with one attached hydrogen (secondary N) is 1. The van der Waals surface area contributed by atoms with Gasteiger partial charge in [0.1, 0.15) is 5.54 Å². The lowest BCUT2D eigenvalue weighted by atomic mass is 9.92. The highest BCUT2D eigenvalue weighted by atomic mass is 32.1. The highest BCUT2D eigenvalue weighted by molar-refractivity contribution is 7.07. The summed E-state index contributed by atoms with van der Waals surface area (Å²) in [7, 11) is 0. The maximum atomic E-state index is 12.0. The molecule has 2 amide bonds. The Hall–Kier alpha value is -1.36. The van der Waals surface area contributed by atoms with Gasteiger partial charge in [-0.05, 0) is 35.7 Å². The third kappa shape index (κ3) is 2.07. The fourth-order valence-electron chi connectivity index (χ4n) is 2.02. The lowest BCUT2D eigenvalue weighted by molar-refractivity contribution is -0.153. The van der Waals surface area contributed by atoms with Gasteiger partial charge in [-0.25, -0.2) is 0 Å². The van der Waals surface area contributed by atoms with Crippen molar-refractivity contribution in [1.82, 2.24) is 10.2 Å². The van der Waals surface area contributed by atoms with Gasteiger partial charge >= 0.3 is 0 Å². The minimum Gasteiger partial charge on any atom is -0.345 e. The largest absolute Gasteiger partial charge is 0.345 e. The highest BCUT2D eigenvalue weighted by Crippen LogP contribution is 2.25. The summed E-state index contributed by atoms with van der Waals surface area (Å²) in [6, 6.07) is 1.99. The predicted molar refractivity (Wildman–Crippen MR) is 66.6 cm³/mol. The standard InChI is InChI=1S/C12H16N2O2S/c1-3-12(2)11(16)13-6-10(15)14(12)7-9-4-5-17-8-9/h4-5,8H,3,6-7H2,1-2H3,(H,13,16). The molecule has 0 saturated carbocycles. The molecule has 1 fully saturated rings. The van der Waals surface area contributed by atoms with Crippen molar-refractivity contribution in [2.45, 2.75) is 32.4 Å². The molecular weight excluding hydrogens is 236 g/mol. The zero-order valence-electron chi connectivity index (χ0n) is 10.0. The van der Waals surface area contributed by atoms with Crippen LogP contribution in [-0.2, 0) is 16.1 Å². The summed E-state index contributed by atoms with van der Waals surface area (Å²) in [5, 5.41) is 6.64. The molecule has 1 aliphatic heterocycles. The molecule has 92 valence electrons. The maximum absolute atomic E-state index is 12.0. The van der Waals surface area contributed by atoms with Crippen molar-refractivity contribution in [2.75, 3.05) is 6.54 Å². The quantitative estimate of drug-likeness (QED) is 0.883. The molecule has 4 nitrogen and oxygen atoms in total. The SMILES string of the molecule is CCC1(C)C(=O)NCC(=O)N1Cc1ccsc1. The fraction of sp³-hybridized carbons (Fsp3) is 0.500. The van der Waals surface area contributed by atoms with E-state index in [0.717, 1.165) is 5.56 Å². The van der Waals surface area contributed by atoms with E-state index < -0.39 is 5.54 Å². The summed E-state index contributed by atoms with van der Waals surface area (Å²) in [6.07, 6.45) is 0.620. The van der Waals surface area contributed by atoms with Gasteiger partial charge in [0.05, 0.1) is 6.54 Å². The molecule has 1 aliphatic rings. The molecule has 1 unspecified atom stereocenters. The second-order valence-electron chi connectivity index (χ2n) is 4.42. The van der Waals surface area contributed by atoms with Gasteiger partial charge in [0.2, 0.25) is 11.8 Å². The second kappa shape index (κ2) is 4.49.